The number of amides is 1. The molecule has 1 N–H and O–H groups in total. The summed E-state index contributed by atoms with van der Waals surface area (Å²) in [6.07, 6.45) is -0.549. The van der Waals surface area contributed by atoms with Gasteiger partial charge in [0, 0.05) is 17.7 Å². The van der Waals surface area contributed by atoms with Gasteiger partial charge in [0.15, 0.2) is 0 Å². The van der Waals surface area contributed by atoms with Crippen LogP contribution in [-0.2, 0) is 14.2 Å². The number of ether oxygens (including phenoxy) is 3. The lowest BCUT2D eigenvalue weighted by molar-refractivity contribution is -0.116. The van der Waals surface area contributed by atoms with Crippen molar-refractivity contribution < 1.29 is 19.0 Å². The summed E-state index contributed by atoms with van der Waals surface area (Å²) in [6, 6.07) is 7.86. The predicted octanol–water partition coefficient (Wildman–Crippen LogP) is 3.09. The van der Waals surface area contributed by atoms with Crippen molar-refractivity contribution in [3.8, 4) is 0 Å². The molecule has 20 heavy (non-hydrogen) atoms. The van der Waals surface area contributed by atoms with Gasteiger partial charge in [-0.2, -0.15) is 0 Å². The Hall–Kier alpha value is -0.860. The number of nitrogens with one attached hydrogen (secondary N) is 1. The Morgan fingerprint density at radius 1 is 1.40 bits per heavy atom. The molecule has 0 spiro atoms. The third-order valence-corrected chi connectivity index (χ3v) is 3.76. The molecule has 0 aliphatic rings. The molecule has 6 heteroatoms. The van der Waals surface area contributed by atoms with Crippen LogP contribution in [0.2, 0.25) is 0 Å². The summed E-state index contributed by atoms with van der Waals surface area (Å²) in [4.78, 5) is 11.5. The molecule has 5 nitrogen and oxygen atoms in total. The molecule has 0 bridgehead atoms. The Morgan fingerprint density at radius 3 is 2.65 bits per heavy atom. The van der Waals surface area contributed by atoms with Crippen LogP contribution >= 0.6 is 22.6 Å². The zero-order valence-electron chi connectivity index (χ0n) is 11.9. The lowest BCUT2D eigenvalue weighted by Crippen LogP contribution is -2.32. The Kier molecular flexibility index (Phi) is 7.86. The summed E-state index contributed by atoms with van der Waals surface area (Å²) >= 11 is 2.24. The normalized spacial score (nSPS) is 13.6. The zero-order valence-corrected chi connectivity index (χ0v) is 14.0. The van der Waals surface area contributed by atoms with Crippen LogP contribution < -0.4 is 5.32 Å². The van der Waals surface area contributed by atoms with E-state index in [1.807, 2.05) is 31.2 Å². The Morgan fingerprint density at radius 2 is 2.10 bits per heavy atom. The molecule has 1 amide bonds. The minimum atomic E-state index is -0.464. The predicted molar refractivity (Wildman–Crippen MR) is 84.5 cm³/mol. The minimum Gasteiger partial charge on any atom is -0.443 e. The van der Waals surface area contributed by atoms with E-state index in [9.17, 15) is 4.79 Å². The molecule has 0 aliphatic heterocycles. The lowest BCUT2D eigenvalue weighted by atomic mass is 10.0. The standard InChI is InChI=1S/C14H20INO4/c1-4-12(20-14(17)16-2)13(19-9-18-3)10-7-5-6-8-11(10)15/h5-8,12-13H,4,9H2,1-3H3,(H,16,17)/t12-,13-/m0/s1. The Labute approximate surface area is 133 Å². The number of benzene rings is 1. The van der Waals surface area contributed by atoms with Crippen molar-refractivity contribution in [2.24, 2.45) is 0 Å². The van der Waals surface area contributed by atoms with E-state index in [1.54, 1.807) is 7.11 Å². The highest BCUT2D eigenvalue weighted by atomic mass is 127. The van der Waals surface area contributed by atoms with Crippen molar-refractivity contribution in [1.29, 1.82) is 0 Å². The van der Waals surface area contributed by atoms with Crippen molar-refractivity contribution >= 4 is 28.7 Å². The van der Waals surface area contributed by atoms with E-state index in [0.717, 1.165) is 9.13 Å². The van der Waals surface area contributed by atoms with Gasteiger partial charge in [0.25, 0.3) is 0 Å². The van der Waals surface area contributed by atoms with Crippen LogP contribution in [0.25, 0.3) is 0 Å². The summed E-state index contributed by atoms with van der Waals surface area (Å²) in [7, 11) is 3.10. The largest absolute Gasteiger partial charge is 0.443 e. The SMILES string of the molecule is CC[C@H](OC(=O)NC)[C@@H](OCOC)c1ccccc1I. The number of alkyl carbamates (subject to hydrolysis) is 1. The molecule has 2 atom stereocenters. The van der Waals surface area contributed by atoms with Gasteiger partial charge in [0.2, 0.25) is 0 Å². The molecule has 0 aliphatic carbocycles. The molecule has 0 saturated carbocycles. The number of carbonyl (C=O) groups is 1. The van der Waals surface area contributed by atoms with E-state index in [4.69, 9.17) is 14.2 Å². The van der Waals surface area contributed by atoms with Gasteiger partial charge in [-0.05, 0) is 40.6 Å². The molecule has 0 unspecified atom stereocenters. The van der Waals surface area contributed by atoms with Crippen molar-refractivity contribution in [2.45, 2.75) is 25.6 Å². The number of halogens is 1. The van der Waals surface area contributed by atoms with Gasteiger partial charge in [-0.1, -0.05) is 25.1 Å². The first-order valence-corrected chi connectivity index (χ1v) is 7.45. The van der Waals surface area contributed by atoms with Gasteiger partial charge in [0.05, 0.1) is 0 Å². The number of methoxy groups -OCH3 is 1. The molecule has 1 rings (SSSR count). The van der Waals surface area contributed by atoms with Crippen molar-refractivity contribution in [2.75, 3.05) is 21.0 Å². The molecule has 0 heterocycles. The maximum Gasteiger partial charge on any atom is 0.407 e. The van der Waals surface area contributed by atoms with Crippen LogP contribution in [0.15, 0.2) is 24.3 Å². The van der Waals surface area contributed by atoms with E-state index < -0.39 is 6.09 Å². The van der Waals surface area contributed by atoms with E-state index in [2.05, 4.69) is 27.9 Å². The van der Waals surface area contributed by atoms with E-state index in [0.29, 0.717) is 6.42 Å². The first-order valence-electron chi connectivity index (χ1n) is 6.37. The number of hydrogen-bond acceptors (Lipinski definition) is 4. The second-order valence-corrected chi connectivity index (χ2v) is 5.28. The molecule has 0 saturated heterocycles. The third kappa shape index (κ3) is 4.92. The summed E-state index contributed by atoms with van der Waals surface area (Å²) in [6.45, 7) is 2.09. The molecular formula is C14H20INO4. The second kappa shape index (κ2) is 9.15. The van der Waals surface area contributed by atoms with Crippen LogP contribution in [0.4, 0.5) is 4.79 Å². The summed E-state index contributed by atoms with van der Waals surface area (Å²) in [5.74, 6) is 0. The van der Waals surface area contributed by atoms with Gasteiger partial charge in [-0.25, -0.2) is 4.79 Å². The highest BCUT2D eigenvalue weighted by Crippen LogP contribution is 2.29. The fraction of sp³-hybridized carbons (Fsp3) is 0.500. The summed E-state index contributed by atoms with van der Waals surface area (Å²) in [5, 5.41) is 2.46. The van der Waals surface area contributed by atoms with Crippen LogP contribution in [0.3, 0.4) is 0 Å². The molecule has 1 aromatic carbocycles. The van der Waals surface area contributed by atoms with Crippen LogP contribution in [0, 0.1) is 3.57 Å². The molecule has 0 fully saturated rings. The smallest absolute Gasteiger partial charge is 0.407 e. The van der Waals surface area contributed by atoms with E-state index in [1.165, 1.54) is 7.05 Å². The maximum absolute atomic E-state index is 11.5. The van der Waals surface area contributed by atoms with E-state index >= 15 is 0 Å². The van der Waals surface area contributed by atoms with Gasteiger partial charge in [-0.3, -0.25) is 0 Å². The van der Waals surface area contributed by atoms with Crippen molar-refractivity contribution in [3.63, 3.8) is 0 Å². The Balaban J connectivity index is 2.97. The highest BCUT2D eigenvalue weighted by Gasteiger charge is 2.27. The number of carbonyl (C=O) groups excluding carboxylic acids is 1. The van der Waals surface area contributed by atoms with Gasteiger partial charge in [-0.15, -0.1) is 0 Å². The molecule has 112 valence electrons. The zero-order chi connectivity index (χ0) is 15.0. The maximum atomic E-state index is 11.5. The van der Waals surface area contributed by atoms with Gasteiger partial charge >= 0.3 is 6.09 Å². The average molecular weight is 393 g/mol. The van der Waals surface area contributed by atoms with Crippen LogP contribution in [0.5, 0.6) is 0 Å². The molecule has 0 radical (unpaired) electrons. The summed E-state index contributed by atoms with van der Waals surface area (Å²) in [5.41, 5.74) is 0.987. The third-order valence-electron chi connectivity index (χ3n) is 2.78. The van der Waals surface area contributed by atoms with Gasteiger partial charge < -0.3 is 19.5 Å². The second-order valence-electron chi connectivity index (χ2n) is 4.12. The van der Waals surface area contributed by atoms with Crippen LogP contribution in [0.1, 0.15) is 25.0 Å². The van der Waals surface area contributed by atoms with Gasteiger partial charge in [0.1, 0.15) is 19.0 Å². The number of rotatable bonds is 7. The lowest BCUT2D eigenvalue weighted by Gasteiger charge is -2.27. The fourth-order valence-electron chi connectivity index (χ4n) is 1.80. The molecule has 0 aromatic heterocycles. The average Bonchev–Trinajstić information content (AvgIpc) is 2.47. The fourth-order valence-corrected chi connectivity index (χ4v) is 2.49. The highest BCUT2D eigenvalue weighted by molar-refractivity contribution is 14.1. The quantitative estimate of drug-likeness (QED) is 0.572. The molecule has 1 aromatic rings. The van der Waals surface area contributed by atoms with Crippen LogP contribution in [-0.4, -0.2) is 33.1 Å². The first kappa shape index (κ1) is 17.2. The molecular weight excluding hydrogens is 373 g/mol. The van der Waals surface area contributed by atoms with Crippen molar-refractivity contribution in [3.05, 3.63) is 33.4 Å². The minimum absolute atomic E-state index is 0.142. The van der Waals surface area contributed by atoms with E-state index in [-0.39, 0.29) is 19.0 Å². The topological polar surface area (TPSA) is 56.8 Å². The first-order chi connectivity index (χ1) is 9.63. The number of hydrogen-bond donors (Lipinski definition) is 1. The monoisotopic (exact) mass is 393 g/mol. The Bertz CT molecular complexity index is 427. The summed E-state index contributed by atoms with van der Waals surface area (Å²) < 4.78 is 17.1. The van der Waals surface area contributed by atoms with Crippen molar-refractivity contribution in [1.82, 2.24) is 5.32 Å².